The fourth-order valence-electron chi connectivity index (χ4n) is 1.86. The van der Waals surface area contributed by atoms with Crippen molar-refractivity contribution in [3.63, 3.8) is 0 Å². The second-order valence-corrected chi connectivity index (χ2v) is 7.45. The van der Waals surface area contributed by atoms with E-state index in [9.17, 15) is 13.2 Å². The fourth-order valence-corrected chi connectivity index (χ4v) is 3.34. The Balaban J connectivity index is 2.06. The van der Waals surface area contributed by atoms with Gasteiger partial charge in [-0.3, -0.25) is 4.79 Å². The molecule has 0 spiro atoms. The van der Waals surface area contributed by atoms with Crippen molar-refractivity contribution in [3.05, 3.63) is 47.2 Å². The Hall–Kier alpha value is -1.86. The van der Waals surface area contributed by atoms with Crippen molar-refractivity contribution >= 4 is 27.3 Å². The summed E-state index contributed by atoms with van der Waals surface area (Å²) in [7, 11) is -2.25. The van der Waals surface area contributed by atoms with E-state index in [-0.39, 0.29) is 11.7 Å². The van der Waals surface area contributed by atoms with Gasteiger partial charge in [0.25, 0.3) is 0 Å². The zero-order valence-electron chi connectivity index (χ0n) is 12.2. The lowest BCUT2D eigenvalue weighted by Gasteiger charge is -2.13. The Kier molecular flexibility index (Phi) is 4.87. The van der Waals surface area contributed by atoms with E-state index < -0.39 is 21.0 Å². The molecule has 0 saturated heterocycles. The predicted molar refractivity (Wildman–Crippen MR) is 83.2 cm³/mol. The third-order valence-electron chi connectivity index (χ3n) is 3.25. The normalized spacial score (nSPS) is 12.9. The average molecular weight is 342 g/mol. The van der Waals surface area contributed by atoms with Crippen LogP contribution in [0.2, 0.25) is 5.02 Å². The molecule has 0 aliphatic heterocycles. The van der Waals surface area contributed by atoms with Crippen LogP contribution < -0.4 is 5.32 Å². The van der Waals surface area contributed by atoms with Crippen LogP contribution in [-0.4, -0.2) is 29.1 Å². The van der Waals surface area contributed by atoms with Gasteiger partial charge < -0.3 is 9.88 Å². The molecule has 22 heavy (non-hydrogen) atoms. The standard InChI is InChI=1S/C14H16ClN3O3S/c1-10(22(20,21)14-16-7-8-18(14)2)13(19)17-9-11-3-5-12(15)6-4-11/h3-8,10H,9H2,1-2H3,(H,17,19)/t10-/m1/s1. The predicted octanol–water partition coefficient (Wildman–Crippen LogP) is 1.55. The van der Waals surface area contributed by atoms with Crippen LogP contribution in [0.5, 0.6) is 0 Å². The Morgan fingerprint density at radius 2 is 2.00 bits per heavy atom. The number of carbonyl (C=O) groups is 1. The number of amides is 1. The first kappa shape index (κ1) is 16.5. The number of nitrogens with zero attached hydrogens (tertiary/aromatic N) is 2. The number of nitrogens with one attached hydrogen (secondary N) is 1. The van der Waals surface area contributed by atoms with Gasteiger partial charge in [-0.2, -0.15) is 0 Å². The maximum absolute atomic E-state index is 12.3. The Morgan fingerprint density at radius 1 is 1.36 bits per heavy atom. The molecule has 0 aliphatic carbocycles. The summed E-state index contributed by atoms with van der Waals surface area (Å²) in [6.45, 7) is 1.58. The summed E-state index contributed by atoms with van der Waals surface area (Å²) in [6, 6.07) is 6.94. The van der Waals surface area contributed by atoms with E-state index in [2.05, 4.69) is 10.3 Å². The van der Waals surface area contributed by atoms with Crippen LogP contribution in [0.15, 0.2) is 41.8 Å². The molecule has 2 rings (SSSR count). The van der Waals surface area contributed by atoms with Crippen molar-refractivity contribution in [2.75, 3.05) is 0 Å². The van der Waals surface area contributed by atoms with E-state index in [1.807, 2.05) is 0 Å². The molecule has 0 unspecified atom stereocenters. The van der Waals surface area contributed by atoms with Gasteiger partial charge in [0, 0.05) is 31.0 Å². The van der Waals surface area contributed by atoms with E-state index in [0.29, 0.717) is 5.02 Å². The molecule has 0 saturated carbocycles. The number of aromatic nitrogens is 2. The highest BCUT2D eigenvalue weighted by atomic mass is 35.5. The van der Waals surface area contributed by atoms with Crippen LogP contribution in [0, 0.1) is 0 Å². The summed E-state index contributed by atoms with van der Waals surface area (Å²) < 4.78 is 26.1. The van der Waals surface area contributed by atoms with Crippen molar-refractivity contribution in [1.29, 1.82) is 0 Å². The molecule has 0 fully saturated rings. The van der Waals surface area contributed by atoms with Crippen LogP contribution in [0.25, 0.3) is 0 Å². The van der Waals surface area contributed by atoms with Crippen molar-refractivity contribution in [2.24, 2.45) is 7.05 Å². The molecule has 1 heterocycles. The summed E-state index contributed by atoms with van der Waals surface area (Å²) in [5, 5.41) is 1.86. The molecule has 0 bridgehead atoms. The largest absolute Gasteiger partial charge is 0.351 e. The van der Waals surface area contributed by atoms with Crippen LogP contribution in [-0.2, 0) is 28.2 Å². The highest BCUT2D eigenvalue weighted by Gasteiger charge is 2.32. The average Bonchev–Trinajstić information content (AvgIpc) is 2.92. The Labute approximate surface area is 134 Å². The van der Waals surface area contributed by atoms with E-state index in [0.717, 1.165) is 5.56 Å². The van der Waals surface area contributed by atoms with Crippen LogP contribution >= 0.6 is 11.6 Å². The number of halogens is 1. The van der Waals surface area contributed by atoms with Crippen LogP contribution in [0.1, 0.15) is 12.5 Å². The number of benzene rings is 1. The summed E-state index contributed by atoms with van der Waals surface area (Å²) >= 11 is 5.78. The monoisotopic (exact) mass is 341 g/mol. The van der Waals surface area contributed by atoms with Crippen molar-refractivity contribution < 1.29 is 13.2 Å². The minimum Gasteiger partial charge on any atom is -0.351 e. The topological polar surface area (TPSA) is 81.1 Å². The zero-order valence-corrected chi connectivity index (χ0v) is 13.7. The van der Waals surface area contributed by atoms with Gasteiger partial charge in [0.15, 0.2) is 0 Å². The smallest absolute Gasteiger partial charge is 0.238 e. The molecule has 1 atom stereocenters. The zero-order chi connectivity index (χ0) is 16.3. The van der Waals surface area contributed by atoms with Gasteiger partial charge in [-0.25, -0.2) is 13.4 Å². The number of imidazole rings is 1. The first-order valence-corrected chi connectivity index (χ1v) is 8.48. The summed E-state index contributed by atoms with van der Waals surface area (Å²) in [4.78, 5) is 15.9. The van der Waals surface area contributed by atoms with Gasteiger partial charge in [-0.1, -0.05) is 23.7 Å². The third-order valence-corrected chi connectivity index (χ3v) is 5.55. The van der Waals surface area contributed by atoms with Gasteiger partial charge in [0.05, 0.1) is 0 Å². The van der Waals surface area contributed by atoms with E-state index >= 15 is 0 Å². The van der Waals surface area contributed by atoms with Gasteiger partial charge >= 0.3 is 0 Å². The number of hydrogen-bond donors (Lipinski definition) is 1. The fraction of sp³-hybridized carbons (Fsp3) is 0.286. The maximum Gasteiger partial charge on any atom is 0.238 e. The molecule has 1 aromatic carbocycles. The lowest BCUT2D eigenvalue weighted by atomic mass is 10.2. The minimum absolute atomic E-state index is 0.123. The van der Waals surface area contributed by atoms with Gasteiger partial charge in [0.1, 0.15) is 5.25 Å². The van der Waals surface area contributed by atoms with Crippen LogP contribution in [0.4, 0.5) is 0 Å². The molecular formula is C14H16ClN3O3S. The second-order valence-electron chi connectivity index (χ2n) is 4.85. The first-order valence-electron chi connectivity index (χ1n) is 6.55. The van der Waals surface area contributed by atoms with Crippen LogP contribution in [0.3, 0.4) is 0 Å². The van der Waals surface area contributed by atoms with E-state index in [4.69, 9.17) is 11.6 Å². The van der Waals surface area contributed by atoms with Crippen molar-refractivity contribution in [3.8, 4) is 0 Å². The van der Waals surface area contributed by atoms with Crippen molar-refractivity contribution in [2.45, 2.75) is 23.9 Å². The number of sulfone groups is 1. The van der Waals surface area contributed by atoms with Gasteiger partial charge in [-0.05, 0) is 24.6 Å². The number of rotatable bonds is 5. The van der Waals surface area contributed by atoms with E-state index in [1.165, 1.54) is 23.9 Å². The highest BCUT2D eigenvalue weighted by molar-refractivity contribution is 7.92. The summed E-state index contributed by atoms with van der Waals surface area (Å²) in [6.07, 6.45) is 2.90. The molecule has 0 aliphatic rings. The summed E-state index contributed by atoms with van der Waals surface area (Å²) in [5.41, 5.74) is 0.833. The number of carbonyl (C=O) groups excluding carboxylic acids is 1. The molecule has 2 aromatic rings. The quantitative estimate of drug-likeness (QED) is 0.894. The molecule has 118 valence electrons. The SMILES string of the molecule is C[C@H](C(=O)NCc1ccc(Cl)cc1)S(=O)(=O)c1nccn1C. The molecule has 1 N–H and O–H groups in total. The molecule has 1 amide bonds. The Morgan fingerprint density at radius 3 is 2.55 bits per heavy atom. The second kappa shape index (κ2) is 6.50. The van der Waals surface area contributed by atoms with E-state index in [1.54, 1.807) is 31.3 Å². The molecule has 8 heteroatoms. The third kappa shape index (κ3) is 3.48. The van der Waals surface area contributed by atoms with Crippen molar-refractivity contribution in [1.82, 2.24) is 14.9 Å². The lowest BCUT2D eigenvalue weighted by molar-refractivity contribution is -0.120. The maximum atomic E-state index is 12.3. The first-order chi connectivity index (χ1) is 10.3. The molecule has 1 aromatic heterocycles. The number of aryl methyl sites for hydroxylation is 1. The highest BCUT2D eigenvalue weighted by Crippen LogP contribution is 2.14. The molecule has 6 nitrogen and oxygen atoms in total. The number of hydrogen-bond acceptors (Lipinski definition) is 4. The summed E-state index contributed by atoms with van der Waals surface area (Å²) in [5.74, 6) is -0.571. The Bertz CT molecular complexity index is 769. The molecule has 0 radical (unpaired) electrons. The minimum atomic E-state index is -3.82. The van der Waals surface area contributed by atoms with Gasteiger partial charge in [-0.15, -0.1) is 0 Å². The molecular weight excluding hydrogens is 326 g/mol. The van der Waals surface area contributed by atoms with Gasteiger partial charge in [0.2, 0.25) is 20.9 Å². The lowest BCUT2D eigenvalue weighted by Crippen LogP contribution is -2.38.